The molecule has 0 heterocycles. The number of hydrogen-bond acceptors (Lipinski definition) is 3. The average Bonchev–Trinajstić information content (AvgIpc) is 2.52. The first kappa shape index (κ1) is 21.8. The third-order valence-electron chi connectivity index (χ3n) is 3.81. The Balaban J connectivity index is 3.21. The molecule has 0 aliphatic heterocycles. The van der Waals surface area contributed by atoms with Crippen LogP contribution in [0.15, 0.2) is 17.7 Å². The quantitative estimate of drug-likeness (QED) is 0.287. The molecule has 1 N–H and O–H groups in total. The Bertz CT molecular complexity index is 723. The van der Waals surface area contributed by atoms with Crippen LogP contribution in [0.5, 0.6) is 0 Å². The Morgan fingerprint density at radius 1 is 1.15 bits per heavy atom. The van der Waals surface area contributed by atoms with E-state index in [1.54, 1.807) is 6.92 Å². The van der Waals surface area contributed by atoms with E-state index in [-0.39, 0.29) is 36.1 Å². The molecular weight excluding hydrogens is 357 g/mol. The van der Waals surface area contributed by atoms with Gasteiger partial charge in [0.2, 0.25) is 0 Å². The van der Waals surface area contributed by atoms with Crippen LogP contribution in [0, 0.1) is 17.0 Å². The predicted molar refractivity (Wildman–Crippen MR) is 88.2 cm³/mol. The minimum atomic E-state index is -4.24. The lowest BCUT2D eigenvalue weighted by molar-refractivity contribution is -0.135. The summed E-state index contributed by atoms with van der Waals surface area (Å²) in [6.07, 6.45) is -4.84. The molecule has 8 heteroatoms. The van der Waals surface area contributed by atoms with E-state index in [0.29, 0.717) is 5.57 Å². The Labute approximate surface area is 148 Å². The lowest BCUT2D eigenvalue weighted by atomic mass is 9.92. The summed E-state index contributed by atoms with van der Waals surface area (Å²) < 4.78 is 69.4. The van der Waals surface area contributed by atoms with Gasteiger partial charge in [0.15, 0.2) is 0 Å². The molecule has 26 heavy (non-hydrogen) atoms. The summed E-state index contributed by atoms with van der Waals surface area (Å²) in [5.74, 6) is -3.44. The minimum absolute atomic E-state index is 0.0420. The fourth-order valence-corrected chi connectivity index (χ4v) is 2.63. The fraction of sp³-hybridized carbons (Fsp3) is 0.444. The van der Waals surface area contributed by atoms with Crippen molar-refractivity contribution in [2.24, 2.45) is 0 Å². The molecule has 0 saturated carbocycles. The van der Waals surface area contributed by atoms with Gasteiger partial charge in [0.1, 0.15) is 17.2 Å². The number of ether oxygens (including phenoxy) is 1. The predicted octanol–water partition coefficient (Wildman–Crippen LogP) is 5.69. The second kappa shape index (κ2) is 8.91. The van der Waals surface area contributed by atoms with Crippen molar-refractivity contribution in [3.63, 3.8) is 0 Å². The number of esters is 1. The number of benzene rings is 1. The van der Waals surface area contributed by atoms with E-state index in [4.69, 9.17) is 5.41 Å². The molecule has 3 nitrogen and oxygen atoms in total. The topological polar surface area (TPSA) is 50.2 Å². The number of alkyl halides is 3. The van der Waals surface area contributed by atoms with Crippen LogP contribution in [-0.2, 0) is 4.74 Å². The molecule has 1 rings (SSSR count). The third-order valence-corrected chi connectivity index (χ3v) is 3.81. The smallest absolute Gasteiger partial charge is 0.389 e. The van der Waals surface area contributed by atoms with Crippen LogP contribution < -0.4 is 0 Å². The van der Waals surface area contributed by atoms with Crippen LogP contribution in [0.1, 0.15) is 55.5 Å². The lowest BCUT2D eigenvalue weighted by Crippen LogP contribution is -2.12. The summed E-state index contributed by atoms with van der Waals surface area (Å²) in [5, 5.41) is 7.86. The van der Waals surface area contributed by atoms with E-state index >= 15 is 0 Å². The molecule has 0 bridgehead atoms. The summed E-state index contributed by atoms with van der Waals surface area (Å²) >= 11 is 0. The zero-order chi connectivity index (χ0) is 20.1. The second-order valence-electron chi connectivity index (χ2n) is 5.88. The van der Waals surface area contributed by atoms with Crippen LogP contribution in [0.4, 0.5) is 22.0 Å². The largest absolute Gasteiger partial charge is 0.465 e. The Hall–Kier alpha value is -2.25. The summed E-state index contributed by atoms with van der Waals surface area (Å²) in [5.41, 5.74) is -0.443. The van der Waals surface area contributed by atoms with Gasteiger partial charge in [-0.05, 0) is 45.2 Å². The van der Waals surface area contributed by atoms with Crippen molar-refractivity contribution >= 4 is 17.3 Å². The molecule has 0 aromatic heterocycles. The standard InChI is InChI=1S/C18H20F5NO2/c1-10(6-4-5-9-18(21,22)23)14(11(2)24)12-7-8-13(19)15(16(12)20)17(25)26-3/h7-8,24H,4-6,9H2,1-3H3/b14-10+,24-11?. The maximum Gasteiger partial charge on any atom is 0.389 e. The van der Waals surface area contributed by atoms with Gasteiger partial charge in [-0.1, -0.05) is 5.57 Å². The first-order valence-electron chi connectivity index (χ1n) is 7.88. The Kier molecular flexibility index (Phi) is 7.47. The number of unbranched alkanes of at least 4 members (excludes halogenated alkanes) is 1. The molecule has 1 aromatic carbocycles. The molecule has 0 unspecified atom stereocenters. The normalized spacial score (nSPS) is 12.6. The summed E-state index contributed by atoms with van der Waals surface area (Å²) in [4.78, 5) is 11.6. The van der Waals surface area contributed by atoms with Crippen molar-refractivity contribution in [2.75, 3.05) is 7.11 Å². The van der Waals surface area contributed by atoms with Gasteiger partial charge < -0.3 is 10.1 Å². The number of halogens is 5. The van der Waals surface area contributed by atoms with Crippen molar-refractivity contribution in [3.05, 3.63) is 40.5 Å². The summed E-state index contributed by atoms with van der Waals surface area (Å²) in [6.45, 7) is 2.96. The van der Waals surface area contributed by atoms with Crippen molar-refractivity contribution in [1.82, 2.24) is 0 Å². The van der Waals surface area contributed by atoms with Gasteiger partial charge in [-0.15, -0.1) is 0 Å². The van der Waals surface area contributed by atoms with Gasteiger partial charge in [-0.2, -0.15) is 13.2 Å². The van der Waals surface area contributed by atoms with E-state index in [1.165, 1.54) is 6.92 Å². The molecule has 0 aliphatic carbocycles. The molecule has 0 spiro atoms. The van der Waals surface area contributed by atoms with E-state index < -0.39 is 35.8 Å². The van der Waals surface area contributed by atoms with Gasteiger partial charge in [-0.25, -0.2) is 13.6 Å². The van der Waals surface area contributed by atoms with Crippen LogP contribution in [0.25, 0.3) is 5.57 Å². The number of nitrogens with one attached hydrogen (secondary N) is 1. The van der Waals surface area contributed by atoms with Crippen LogP contribution in [0.3, 0.4) is 0 Å². The SMILES string of the molecule is COC(=O)c1c(F)ccc(/C(C(C)=N)=C(\C)CCCCC(F)(F)F)c1F. The van der Waals surface area contributed by atoms with Crippen LogP contribution in [-0.4, -0.2) is 25.0 Å². The lowest BCUT2D eigenvalue weighted by Gasteiger charge is -2.15. The molecule has 0 fully saturated rings. The maximum atomic E-state index is 14.7. The Morgan fingerprint density at radius 2 is 1.77 bits per heavy atom. The minimum Gasteiger partial charge on any atom is -0.465 e. The molecule has 0 amide bonds. The van der Waals surface area contributed by atoms with Gasteiger partial charge in [0.25, 0.3) is 0 Å². The zero-order valence-corrected chi connectivity index (χ0v) is 14.7. The van der Waals surface area contributed by atoms with E-state index in [0.717, 1.165) is 19.2 Å². The number of carbonyl (C=O) groups is 1. The maximum absolute atomic E-state index is 14.7. The van der Waals surface area contributed by atoms with Gasteiger partial charge in [0, 0.05) is 23.3 Å². The highest BCUT2D eigenvalue weighted by Crippen LogP contribution is 2.30. The highest BCUT2D eigenvalue weighted by Gasteiger charge is 2.26. The zero-order valence-electron chi connectivity index (χ0n) is 14.7. The molecular formula is C18H20F5NO2. The van der Waals surface area contributed by atoms with Crippen molar-refractivity contribution in [2.45, 2.75) is 45.7 Å². The number of hydrogen-bond donors (Lipinski definition) is 1. The highest BCUT2D eigenvalue weighted by molar-refractivity contribution is 6.22. The van der Waals surface area contributed by atoms with E-state index in [1.807, 2.05) is 0 Å². The van der Waals surface area contributed by atoms with Crippen LogP contribution >= 0.6 is 0 Å². The van der Waals surface area contributed by atoms with Crippen molar-refractivity contribution < 1.29 is 31.5 Å². The fourth-order valence-electron chi connectivity index (χ4n) is 2.63. The summed E-state index contributed by atoms with van der Waals surface area (Å²) in [7, 11) is 0.985. The molecule has 0 atom stereocenters. The highest BCUT2D eigenvalue weighted by atomic mass is 19.4. The number of carbonyl (C=O) groups excluding carboxylic acids is 1. The molecule has 144 valence electrons. The first-order chi connectivity index (χ1) is 12.0. The molecule has 0 saturated heterocycles. The van der Waals surface area contributed by atoms with Crippen LogP contribution in [0.2, 0.25) is 0 Å². The Morgan fingerprint density at radius 3 is 2.27 bits per heavy atom. The number of rotatable bonds is 7. The first-order valence-corrected chi connectivity index (χ1v) is 7.88. The van der Waals surface area contributed by atoms with Crippen molar-refractivity contribution in [1.29, 1.82) is 5.41 Å². The van der Waals surface area contributed by atoms with Gasteiger partial charge in [-0.3, -0.25) is 0 Å². The van der Waals surface area contributed by atoms with E-state index in [9.17, 15) is 26.7 Å². The monoisotopic (exact) mass is 377 g/mol. The second-order valence-corrected chi connectivity index (χ2v) is 5.88. The summed E-state index contributed by atoms with van der Waals surface area (Å²) in [6, 6.07) is 1.99. The van der Waals surface area contributed by atoms with Gasteiger partial charge >= 0.3 is 12.1 Å². The van der Waals surface area contributed by atoms with Gasteiger partial charge in [0.05, 0.1) is 7.11 Å². The third kappa shape index (κ3) is 5.64. The molecule has 1 aromatic rings. The number of allylic oxidation sites excluding steroid dienone is 2. The molecule has 0 aliphatic rings. The molecule has 0 radical (unpaired) electrons. The average molecular weight is 377 g/mol. The van der Waals surface area contributed by atoms with E-state index in [2.05, 4.69) is 4.74 Å². The number of methoxy groups -OCH3 is 1. The van der Waals surface area contributed by atoms with Crippen molar-refractivity contribution in [3.8, 4) is 0 Å².